The SMILES string of the molecule is CC1CC(c2ncc3[nH]c(-c4ccc5c(c4)CCCC5)cc3n2)CCN1. The predicted octanol–water partition coefficient (Wildman–Crippen LogP) is 4.36. The van der Waals surface area contributed by atoms with Crippen molar-refractivity contribution >= 4 is 11.0 Å². The topological polar surface area (TPSA) is 53.6 Å². The van der Waals surface area contributed by atoms with E-state index in [-0.39, 0.29) is 0 Å². The molecule has 0 radical (unpaired) electrons. The Morgan fingerprint density at radius 3 is 2.85 bits per heavy atom. The molecule has 1 fully saturated rings. The van der Waals surface area contributed by atoms with Gasteiger partial charge in [-0.15, -0.1) is 0 Å². The van der Waals surface area contributed by atoms with Crippen LogP contribution in [-0.2, 0) is 12.8 Å². The van der Waals surface area contributed by atoms with Gasteiger partial charge in [-0.05, 0) is 80.8 Å². The minimum Gasteiger partial charge on any atom is -0.352 e. The third-order valence-corrected chi connectivity index (χ3v) is 6.04. The third-order valence-electron chi connectivity index (χ3n) is 6.04. The molecule has 3 heterocycles. The van der Waals surface area contributed by atoms with Crippen molar-refractivity contribution in [3.8, 4) is 11.3 Å². The Labute approximate surface area is 154 Å². The van der Waals surface area contributed by atoms with Crippen molar-refractivity contribution in [2.75, 3.05) is 6.54 Å². The van der Waals surface area contributed by atoms with Crippen LogP contribution in [0.4, 0.5) is 0 Å². The Morgan fingerprint density at radius 1 is 1.08 bits per heavy atom. The van der Waals surface area contributed by atoms with Gasteiger partial charge < -0.3 is 10.3 Å². The lowest BCUT2D eigenvalue weighted by molar-refractivity contribution is 0.371. The zero-order chi connectivity index (χ0) is 17.5. The van der Waals surface area contributed by atoms with Gasteiger partial charge in [-0.3, -0.25) is 0 Å². The summed E-state index contributed by atoms with van der Waals surface area (Å²) in [7, 11) is 0. The van der Waals surface area contributed by atoms with Gasteiger partial charge >= 0.3 is 0 Å². The van der Waals surface area contributed by atoms with Crippen molar-refractivity contribution in [3.05, 3.63) is 47.4 Å². The van der Waals surface area contributed by atoms with Crippen LogP contribution in [0.15, 0.2) is 30.5 Å². The molecule has 1 saturated heterocycles. The number of aryl methyl sites for hydroxylation is 2. The summed E-state index contributed by atoms with van der Waals surface area (Å²) in [6, 6.07) is 9.66. The number of nitrogens with one attached hydrogen (secondary N) is 2. The lowest BCUT2D eigenvalue weighted by Gasteiger charge is -2.26. The second-order valence-corrected chi connectivity index (χ2v) is 7.98. The van der Waals surface area contributed by atoms with E-state index in [0.29, 0.717) is 12.0 Å². The molecular weight excluding hydrogens is 320 g/mol. The highest BCUT2D eigenvalue weighted by Crippen LogP contribution is 2.30. The lowest BCUT2D eigenvalue weighted by Crippen LogP contribution is -2.35. The van der Waals surface area contributed by atoms with Gasteiger partial charge in [0.15, 0.2) is 0 Å². The highest BCUT2D eigenvalue weighted by atomic mass is 15.0. The van der Waals surface area contributed by atoms with Crippen LogP contribution in [0.5, 0.6) is 0 Å². The van der Waals surface area contributed by atoms with Crippen LogP contribution in [-0.4, -0.2) is 27.5 Å². The van der Waals surface area contributed by atoms with Crippen molar-refractivity contribution in [1.82, 2.24) is 20.3 Å². The first kappa shape index (κ1) is 16.0. The van der Waals surface area contributed by atoms with Crippen LogP contribution in [0.3, 0.4) is 0 Å². The first-order chi connectivity index (χ1) is 12.8. The number of rotatable bonds is 2. The van der Waals surface area contributed by atoms with E-state index in [1.165, 1.54) is 42.4 Å². The second-order valence-electron chi connectivity index (χ2n) is 7.98. The van der Waals surface area contributed by atoms with Crippen LogP contribution in [0.25, 0.3) is 22.3 Å². The van der Waals surface area contributed by atoms with Gasteiger partial charge in [-0.2, -0.15) is 0 Å². The number of benzene rings is 1. The molecule has 3 aromatic rings. The van der Waals surface area contributed by atoms with Gasteiger partial charge in [0.25, 0.3) is 0 Å². The van der Waals surface area contributed by atoms with Crippen molar-refractivity contribution in [3.63, 3.8) is 0 Å². The summed E-state index contributed by atoms with van der Waals surface area (Å²) in [4.78, 5) is 13.1. The summed E-state index contributed by atoms with van der Waals surface area (Å²) >= 11 is 0. The number of piperidine rings is 1. The standard InChI is InChI=1S/C22H26N4/c1-14-10-18(8-9-23-14)22-24-13-21-20(26-22)12-19(25-21)17-7-6-15-4-2-3-5-16(15)11-17/h6-7,11-14,18,23,25H,2-5,8-10H2,1H3. The third kappa shape index (κ3) is 2.92. The fraction of sp³-hybridized carbons (Fsp3) is 0.455. The highest BCUT2D eigenvalue weighted by Gasteiger charge is 2.22. The highest BCUT2D eigenvalue weighted by molar-refractivity contribution is 5.82. The molecule has 2 atom stereocenters. The van der Waals surface area contributed by atoms with E-state index in [1.54, 1.807) is 0 Å². The quantitative estimate of drug-likeness (QED) is 0.725. The molecule has 2 N–H and O–H groups in total. The maximum Gasteiger partial charge on any atom is 0.132 e. The molecule has 0 amide bonds. The molecule has 134 valence electrons. The Hall–Kier alpha value is -2.20. The Morgan fingerprint density at radius 2 is 1.96 bits per heavy atom. The van der Waals surface area contributed by atoms with Gasteiger partial charge in [0.05, 0.1) is 17.2 Å². The van der Waals surface area contributed by atoms with Crippen LogP contribution in [0, 0.1) is 0 Å². The van der Waals surface area contributed by atoms with E-state index in [9.17, 15) is 0 Å². The second kappa shape index (κ2) is 6.51. The van der Waals surface area contributed by atoms with Crippen molar-refractivity contribution in [2.45, 2.75) is 57.4 Å². The van der Waals surface area contributed by atoms with Gasteiger partial charge in [0.2, 0.25) is 0 Å². The van der Waals surface area contributed by atoms with E-state index in [2.05, 4.69) is 46.5 Å². The molecule has 1 aliphatic carbocycles. The van der Waals surface area contributed by atoms with Crippen molar-refractivity contribution < 1.29 is 0 Å². The molecule has 1 aliphatic heterocycles. The Kier molecular flexibility index (Phi) is 4.01. The van der Waals surface area contributed by atoms with E-state index >= 15 is 0 Å². The normalized spacial score (nSPS) is 23.1. The summed E-state index contributed by atoms with van der Waals surface area (Å²) in [5.41, 5.74) is 7.53. The van der Waals surface area contributed by atoms with Crippen LogP contribution < -0.4 is 5.32 Å². The number of aromatic nitrogens is 3. The smallest absolute Gasteiger partial charge is 0.132 e. The van der Waals surface area contributed by atoms with E-state index in [4.69, 9.17) is 4.98 Å². The van der Waals surface area contributed by atoms with Crippen LogP contribution in [0.1, 0.15) is 55.5 Å². The van der Waals surface area contributed by atoms with Gasteiger partial charge in [0, 0.05) is 17.7 Å². The summed E-state index contributed by atoms with van der Waals surface area (Å²) in [5, 5.41) is 3.51. The Bertz CT molecular complexity index is 942. The fourth-order valence-corrected chi connectivity index (χ4v) is 4.55. The minimum atomic E-state index is 0.470. The molecule has 26 heavy (non-hydrogen) atoms. The maximum atomic E-state index is 4.90. The number of hydrogen-bond acceptors (Lipinski definition) is 3. The number of aromatic amines is 1. The molecule has 1 aromatic carbocycles. The molecule has 2 aliphatic rings. The lowest BCUT2D eigenvalue weighted by atomic mass is 9.90. The summed E-state index contributed by atoms with van der Waals surface area (Å²) in [5.74, 6) is 1.47. The molecule has 0 bridgehead atoms. The first-order valence-electron chi connectivity index (χ1n) is 9.97. The number of fused-ring (bicyclic) bond motifs is 2. The average molecular weight is 346 g/mol. The first-order valence-corrected chi connectivity index (χ1v) is 9.97. The molecule has 4 heteroatoms. The van der Waals surface area contributed by atoms with E-state index in [0.717, 1.165) is 41.9 Å². The number of H-pyrrole nitrogens is 1. The summed E-state index contributed by atoms with van der Waals surface area (Å²) in [6.07, 6.45) is 9.28. The van der Waals surface area contributed by atoms with Gasteiger partial charge in [-0.25, -0.2) is 9.97 Å². The molecule has 0 saturated carbocycles. The molecule has 2 unspecified atom stereocenters. The molecule has 5 rings (SSSR count). The Balaban J connectivity index is 1.48. The van der Waals surface area contributed by atoms with Crippen molar-refractivity contribution in [1.29, 1.82) is 0 Å². The fourth-order valence-electron chi connectivity index (χ4n) is 4.55. The summed E-state index contributed by atoms with van der Waals surface area (Å²) < 4.78 is 0. The molecule has 4 nitrogen and oxygen atoms in total. The number of hydrogen-bond donors (Lipinski definition) is 2. The van der Waals surface area contributed by atoms with Crippen LogP contribution in [0.2, 0.25) is 0 Å². The monoisotopic (exact) mass is 346 g/mol. The zero-order valence-corrected chi connectivity index (χ0v) is 15.4. The average Bonchev–Trinajstić information content (AvgIpc) is 3.11. The summed E-state index contributed by atoms with van der Waals surface area (Å²) in [6.45, 7) is 3.30. The van der Waals surface area contributed by atoms with Gasteiger partial charge in [0.1, 0.15) is 5.82 Å². The minimum absolute atomic E-state index is 0.470. The van der Waals surface area contributed by atoms with Gasteiger partial charge in [-0.1, -0.05) is 12.1 Å². The number of nitrogens with zero attached hydrogens (tertiary/aromatic N) is 2. The zero-order valence-electron chi connectivity index (χ0n) is 15.4. The van der Waals surface area contributed by atoms with E-state index in [1.807, 2.05) is 6.20 Å². The van der Waals surface area contributed by atoms with Crippen LogP contribution >= 0.6 is 0 Å². The molecule has 2 aromatic heterocycles. The molecule has 0 spiro atoms. The largest absolute Gasteiger partial charge is 0.352 e. The van der Waals surface area contributed by atoms with E-state index < -0.39 is 0 Å². The van der Waals surface area contributed by atoms with Crippen molar-refractivity contribution in [2.24, 2.45) is 0 Å². The predicted molar refractivity (Wildman–Crippen MR) is 105 cm³/mol. The molecular formula is C22H26N4. The maximum absolute atomic E-state index is 4.90.